The van der Waals surface area contributed by atoms with Crippen LogP contribution >= 0.6 is 0 Å². The van der Waals surface area contributed by atoms with Crippen molar-refractivity contribution in [3.05, 3.63) is 71.8 Å². The van der Waals surface area contributed by atoms with E-state index in [2.05, 4.69) is 36.2 Å². The standard InChI is InChI=1S/C18H21NO/c1-19-13-12-18(20,16-10-6-3-7-11-16)17(14-19)15-8-4-2-5-9-15/h2-11,17,20H,12-14H2,1H3/t17-,18+/m0/s1. The van der Waals surface area contributed by atoms with Crippen LogP contribution in [0.2, 0.25) is 0 Å². The molecule has 3 rings (SSSR count). The van der Waals surface area contributed by atoms with Crippen LogP contribution in [0.1, 0.15) is 23.5 Å². The highest BCUT2D eigenvalue weighted by atomic mass is 16.3. The molecular formula is C18H21NO. The Labute approximate surface area is 120 Å². The van der Waals surface area contributed by atoms with Crippen LogP contribution in [0.3, 0.4) is 0 Å². The molecule has 1 N–H and O–H groups in total. The Balaban J connectivity index is 2.03. The average molecular weight is 267 g/mol. The summed E-state index contributed by atoms with van der Waals surface area (Å²) >= 11 is 0. The number of hydrogen-bond acceptors (Lipinski definition) is 2. The van der Waals surface area contributed by atoms with Crippen LogP contribution in [-0.4, -0.2) is 30.1 Å². The molecular weight excluding hydrogens is 246 g/mol. The first-order valence-corrected chi connectivity index (χ1v) is 7.21. The molecule has 2 nitrogen and oxygen atoms in total. The van der Waals surface area contributed by atoms with E-state index in [4.69, 9.17) is 0 Å². The van der Waals surface area contributed by atoms with Gasteiger partial charge in [-0.3, -0.25) is 0 Å². The fourth-order valence-corrected chi connectivity index (χ4v) is 3.23. The third-order valence-electron chi connectivity index (χ3n) is 4.42. The fraction of sp³-hybridized carbons (Fsp3) is 0.333. The molecule has 1 heterocycles. The highest BCUT2D eigenvalue weighted by Crippen LogP contribution is 2.42. The Bertz CT molecular complexity index is 554. The summed E-state index contributed by atoms with van der Waals surface area (Å²) in [4.78, 5) is 2.30. The number of likely N-dealkylation sites (tertiary alicyclic amines) is 1. The molecule has 1 fully saturated rings. The van der Waals surface area contributed by atoms with E-state index in [0.29, 0.717) is 0 Å². The number of aliphatic hydroxyl groups is 1. The highest BCUT2D eigenvalue weighted by Gasteiger charge is 2.42. The van der Waals surface area contributed by atoms with E-state index in [0.717, 1.165) is 25.1 Å². The third-order valence-corrected chi connectivity index (χ3v) is 4.42. The molecule has 104 valence electrons. The van der Waals surface area contributed by atoms with Crippen molar-refractivity contribution >= 4 is 0 Å². The van der Waals surface area contributed by atoms with E-state index in [1.54, 1.807) is 0 Å². The summed E-state index contributed by atoms with van der Waals surface area (Å²) < 4.78 is 0. The van der Waals surface area contributed by atoms with Crippen LogP contribution in [0.5, 0.6) is 0 Å². The molecule has 2 aromatic rings. The Hall–Kier alpha value is -1.64. The molecule has 20 heavy (non-hydrogen) atoms. The number of rotatable bonds is 2. The zero-order chi connectivity index (χ0) is 14.0. The molecule has 2 heteroatoms. The van der Waals surface area contributed by atoms with Gasteiger partial charge in [0.1, 0.15) is 0 Å². The van der Waals surface area contributed by atoms with Crippen molar-refractivity contribution in [3.63, 3.8) is 0 Å². The topological polar surface area (TPSA) is 23.5 Å². The predicted molar refractivity (Wildman–Crippen MR) is 81.6 cm³/mol. The first-order chi connectivity index (χ1) is 9.70. The number of piperidine rings is 1. The summed E-state index contributed by atoms with van der Waals surface area (Å²) in [6.07, 6.45) is 0.771. The van der Waals surface area contributed by atoms with Gasteiger partial charge in [-0.15, -0.1) is 0 Å². The van der Waals surface area contributed by atoms with Crippen LogP contribution in [0.15, 0.2) is 60.7 Å². The van der Waals surface area contributed by atoms with Gasteiger partial charge in [0, 0.05) is 19.0 Å². The maximum Gasteiger partial charge on any atom is 0.0989 e. The van der Waals surface area contributed by atoms with Crippen molar-refractivity contribution in [2.45, 2.75) is 17.9 Å². The molecule has 0 amide bonds. The summed E-state index contributed by atoms with van der Waals surface area (Å²) in [5.74, 6) is 0.116. The van der Waals surface area contributed by atoms with E-state index >= 15 is 0 Å². The fourth-order valence-electron chi connectivity index (χ4n) is 3.23. The Kier molecular flexibility index (Phi) is 3.60. The maximum atomic E-state index is 11.3. The van der Waals surface area contributed by atoms with Gasteiger partial charge in [0.05, 0.1) is 5.60 Å². The maximum absolute atomic E-state index is 11.3. The number of nitrogens with zero attached hydrogens (tertiary/aromatic N) is 1. The molecule has 0 saturated carbocycles. The van der Waals surface area contributed by atoms with Crippen LogP contribution in [-0.2, 0) is 5.60 Å². The second-order valence-corrected chi connectivity index (χ2v) is 5.77. The van der Waals surface area contributed by atoms with Gasteiger partial charge in [0.25, 0.3) is 0 Å². The van der Waals surface area contributed by atoms with Crippen molar-refractivity contribution in [2.75, 3.05) is 20.1 Å². The minimum Gasteiger partial charge on any atom is -0.384 e. The highest BCUT2D eigenvalue weighted by molar-refractivity contribution is 5.32. The van der Waals surface area contributed by atoms with Crippen molar-refractivity contribution < 1.29 is 5.11 Å². The molecule has 1 aliphatic rings. The molecule has 0 spiro atoms. The predicted octanol–water partition coefficient (Wildman–Crippen LogP) is 2.99. The molecule has 0 aromatic heterocycles. The normalized spacial score (nSPS) is 27.4. The molecule has 1 saturated heterocycles. The van der Waals surface area contributed by atoms with Gasteiger partial charge in [0.2, 0.25) is 0 Å². The van der Waals surface area contributed by atoms with E-state index in [-0.39, 0.29) is 5.92 Å². The number of likely N-dealkylation sites (N-methyl/N-ethyl adjacent to an activating group) is 1. The molecule has 0 aliphatic carbocycles. The van der Waals surface area contributed by atoms with E-state index in [1.807, 2.05) is 36.4 Å². The smallest absolute Gasteiger partial charge is 0.0989 e. The van der Waals surface area contributed by atoms with E-state index in [1.165, 1.54) is 5.56 Å². The zero-order valence-electron chi connectivity index (χ0n) is 11.9. The van der Waals surface area contributed by atoms with E-state index < -0.39 is 5.60 Å². The SMILES string of the molecule is CN1CC[C@@](O)(c2ccccc2)[C@H](c2ccccc2)C1. The lowest BCUT2D eigenvalue weighted by molar-refractivity contribution is -0.0418. The minimum absolute atomic E-state index is 0.116. The van der Waals surface area contributed by atoms with Gasteiger partial charge < -0.3 is 10.0 Å². The molecule has 0 bridgehead atoms. The Morgan fingerprint density at radius 2 is 1.60 bits per heavy atom. The zero-order valence-corrected chi connectivity index (χ0v) is 11.9. The first-order valence-electron chi connectivity index (χ1n) is 7.21. The monoisotopic (exact) mass is 267 g/mol. The van der Waals surface area contributed by atoms with Crippen molar-refractivity contribution in [1.29, 1.82) is 0 Å². The lowest BCUT2D eigenvalue weighted by Gasteiger charge is -2.44. The first kappa shape index (κ1) is 13.3. The average Bonchev–Trinajstić information content (AvgIpc) is 2.51. The lowest BCUT2D eigenvalue weighted by Crippen LogP contribution is -2.47. The van der Waals surface area contributed by atoms with Gasteiger partial charge in [-0.05, 0) is 24.6 Å². The van der Waals surface area contributed by atoms with Gasteiger partial charge in [0.15, 0.2) is 0 Å². The summed E-state index contributed by atoms with van der Waals surface area (Å²) in [6.45, 7) is 1.81. The van der Waals surface area contributed by atoms with Crippen molar-refractivity contribution in [3.8, 4) is 0 Å². The molecule has 1 aliphatic heterocycles. The van der Waals surface area contributed by atoms with Crippen molar-refractivity contribution in [1.82, 2.24) is 4.90 Å². The van der Waals surface area contributed by atoms with Crippen LogP contribution in [0.25, 0.3) is 0 Å². The lowest BCUT2D eigenvalue weighted by atomic mass is 9.73. The third kappa shape index (κ3) is 2.37. The van der Waals surface area contributed by atoms with Gasteiger partial charge in [-0.2, -0.15) is 0 Å². The number of benzene rings is 2. The largest absolute Gasteiger partial charge is 0.384 e. The van der Waals surface area contributed by atoms with E-state index in [9.17, 15) is 5.11 Å². The Morgan fingerprint density at radius 3 is 2.25 bits per heavy atom. The van der Waals surface area contributed by atoms with Crippen LogP contribution in [0, 0.1) is 0 Å². The summed E-state index contributed by atoms with van der Waals surface area (Å²) in [7, 11) is 2.13. The van der Waals surface area contributed by atoms with Crippen LogP contribution in [0.4, 0.5) is 0 Å². The van der Waals surface area contributed by atoms with Gasteiger partial charge >= 0.3 is 0 Å². The Morgan fingerprint density at radius 1 is 1.00 bits per heavy atom. The minimum atomic E-state index is -0.769. The molecule has 2 aromatic carbocycles. The second kappa shape index (κ2) is 5.39. The summed E-state index contributed by atoms with van der Waals surface area (Å²) in [5, 5.41) is 11.3. The molecule has 0 unspecified atom stereocenters. The summed E-state index contributed by atoms with van der Waals surface area (Å²) in [5.41, 5.74) is 1.47. The summed E-state index contributed by atoms with van der Waals surface area (Å²) in [6, 6.07) is 20.5. The van der Waals surface area contributed by atoms with Crippen LogP contribution < -0.4 is 0 Å². The molecule has 0 radical (unpaired) electrons. The second-order valence-electron chi connectivity index (χ2n) is 5.77. The quantitative estimate of drug-likeness (QED) is 0.904. The van der Waals surface area contributed by atoms with Crippen molar-refractivity contribution in [2.24, 2.45) is 0 Å². The number of hydrogen-bond donors (Lipinski definition) is 1. The molecule has 2 atom stereocenters. The van der Waals surface area contributed by atoms with Gasteiger partial charge in [-0.1, -0.05) is 60.7 Å². The van der Waals surface area contributed by atoms with Gasteiger partial charge in [-0.25, -0.2) is 0 Å².